The third kappa shape index (κ3) is 4.37. The molecule has 0 amide bonds. The molecule has 0 aliphatic heterocycles. The van der Waals surface area contributed by atoms with E-state index in [4.69, 9.17) is 23.6 Å². The van der Waals surface area contributed by atoms with Crippen LogP contribution in [0.1, 0.15) is 11.1 Å². The monoisotopic (exact) mass is 493 g/mol. The number of hydrogen-bond donors (Lipinski definition) is 0. The number of anilines is 1. The van der Waals surface area contributed by atoms with Gasteiger partial charge in [0.05, 0.1) is 0 Å². The van der Waals surface area contributed by atoms with Crippen LogP contribution in [0.25, 0.3) is 0 Å². The topological polar surface area (TPSA) is 12.5 Å². The first-order chi connectivity index (χ1) is 12.5. The fraction of sp³-hybridized carbons (Fsp3) is 0.143. The number of benzene rings is 3. The zero-order valence-corrected chi connectivity index (χ0v) is 19.1. The van der Waals surface area contributed by atoms with Crippen molar-refractivity contribution < 1.29 is 3.07 Å². The van der Waals surface area contributed by atoms with Gasteiger partial charge in [0.25, 0.3) is 0 Å². The Hall–Kier alpha value is -1.20. The van der Waals surface area contributed by atoms with Crippen LogP contribution in [0.15, 0.2) is 84.9 Å². The molecule has 0 aliphatic rings. The van der Waals surface area contributed by atoms with E-state index >= 15 is 0 Å². The number of alkyl halides is 1. The van der Waals surface area contributed by atoms with Crippen molar-refractivity contribution in [2.24, 2.45) is 0 Å². The molecule has 2 nitrogen and oxygen atoms in total. The third-order valence-corrected chi connectivity index (χ3v) is 16.3. The van der Waals surface area contributed by atoms with E-state index in [1.54, 1.807) is 0 Å². The molecule has 0 radical (unpaired) electrons. The predicted molar refractivity (Wildman–Crippen MR) is 114 cm³/mol. The van der Waals surface area contributed by atoms with Gasteiger partial charge in [-0.15, -0.1) is 0 Å². The van der Waals surface area contributed by atoms with Crippen LogP contribution in [-0.4, -0.2) is 31.8 Å². The first kappa shape index (κ1) is 19.6. The van der Waals surface area contributed by atoms with Crippen LogP contribution in [0.3, 0.4) is 0 Å². The summed E-state index contributed by atoms with van der Waals surface area (Å²) in [7, 11) is 11.2. The maximum atomic E-state index is 7.21. The normalized spacial score (nSPS) is 12.6. The van der Waals surface area contributed by atoms with E-state index in [1.807, 2.05) is 104 Å². The van der Waals surface area contributed by atoms with Crippen molar-refractivity contribution >= 4 is 51.0 Å². The second-order valence-electron chi connectivity index (χ2n) is 6.25. The average Bonchev–Trinajstić information content (AvgIpc) is 2.69. The van der Waals surface area contributed by atoms with Crippen LogP contribution in [0.4, 0.5) is 5.69 Å². The summed E-state index contributed by atoms with van der Waals surface area (Å²) < 4.78 is 8.52. The number of rotatable bonds is 6. The number of halogens is 2. The summed E-state index contributed by atoms with van der Waals surface area (Å²) >= 11 is 2.79. The van der Waals surface area contributed by atoms with Gasteiger partial charge < -0.3 is 0 Å². The van der Waals surface area contributed by atoms with Crippen LogP contribution in [0, 0.1) is 0 Å². The molecule has 0 aliphatic carbocycles. The summed E-state index contributed by atoms with van der Waals surface area (Å²) in [4.78, 5) is 2.05. The van der Waals surface area contributed by atoms with Gasteiger partial charge in [0.1, 0.15) is 0 Å². The average molecular weight is 493 g/mol. The molecule has 5 heteroatoms. The standard InChI is InChI=1S/C9H11ClNO.2C6H5.ClH.Sn/c1-11(2)8-5-3-7(4-6-8)9(10)12;2*1-2-4-6-5-3-1;;/h3-6,9H,1-2H3;2*1-5H;1H;/q-1;;;;+2/p-1. The number of nitrogens with zero attached hydrogens (tertiary/aromatic N) is 1. The van der Waals surface area contributed by atoms with Gasteiger partial charge in [0, 0.05) is 0 Å². The van der Waals surface area contributed by atoms with Crippen molar-refractivity contribution in [3.63, 3.8) is 0 Å². The van der Waals surface area contributed by atoms with E-state index in [0.29, 0.717) is 0 Å². The van der Waals surface area contributed by atoms with Crippen molar-refractivity contribution in [1.29, 1.82) is 0 Å². The molecular weight excluding hydrogens is 472 g/mol. The summed E-state index contributed by atoms with van der Waals surface area (Å²) in [6.07, 6.45) is 0. The summed E-state index contributed by atoms with van der Waals surface area (Å²) in [6.45, 7) is 0. The SMILES string of the molecule is CN(C)c1ccc(C(Cl)[O][Sn]([Cl])([c]2ccccc2)[c]2ccccc2)cc1. The molecule has 3 rings (SSSR count). The Kier molecular flexibility index (Phi) is 6.51. The van der Waals surface area contributed by atoms with Crippen molar-refractivity contribution in [2.45, 2.75) is 5.56 Å². The molecule has 0 N–H and O–H groups in total. The Morgan fingerprint density at radius 2 is 1.23 bits per heavy atom. The molecule has 3 aromatic carbocycles. The molecule has 0 saturated carbocycles. The fourth-order valence-corrected chi connectivity index (χ4v) is 12.9. The van der Waals surface area contributed by atoms with Crippen molar-refractivity contribution in [2.75, 3.05) is 19.0 Å². The fourth-order valence-electron chi connectivity index (χ4n) is 2.74. The second kappa shape index (κ2) is 8.66. The molecule has 1 atom stereocenters. The van der Waals surface area contributed by atoms with E-state index in [9.17, 15) is 0 Å². The van der Waals surface area contributed by atoms with Gasteiger partial charge in [-0.1, -0.05) is 0 Å². The van der Waals surface area contributed by atoms with Crippen molar-refractivity contribution in [3.8, 4) is 0 Å². The molecule has 0 saturated heterocycles. The molecule has 134 valence electrons. The third-order valence-electron chi connectivity index (χ3n) is 4.23. The minimum absolute atomic E-state index is 0.597. The van der Waals surface area contributed by atoms with Crippen LogP contribution in [0.5, 0.6) is 0 Å². The van der Waals surface area contributed by atoms with Crippen LogP contribution < -0.4 is 12.1 Å². The van der Waals surface area contributed by atoms with Crippen molar-refractivity contribution in [3.05, 3.63) is 90.5 Å². The van der Waals surface area contributed by atoms with Gasteiger partial charge in [-0.05, 0) is 0 Å². The minimum atomic E-state index is -3.87. The Balaban J connectivity index is 1.93. The van der Waals surface area contributed by atoms with Crippen LogP contribution >= 0.6 is 20.5 Å². The van der Waals surface area contributed by atoms with E-state index in [2.05, 4.69) is 0 Å². The molecule has 3 aromatic rings. The van der Waals surface area contributed by atoms with Crippen LogP contribution in [0.2, 0.25) is 0 Å². The predicted octanol–water partition coefficient (Wildman–Crippen LogP) is 4.50. The van der Waals surface area contributed by atoms with Gasteiger partial charge in [-0.3, -0.25) is 0 Å². The van der Waals surface area contributed by atoms with Crippen molar-refractivity contribution in [1.82, 2.24) is 0 Å². The van der Waals surface area contributed by atoms with Gasteiger partial charge in [-0.25, -0.2) is 0 Å². The first-order valence-corrected chi connectivity index (χ1v) is 16.5. The zero-order valence-electron chi connectivity index (χ0n) is 14.8. The summed E-state index contributed by atoms with van der Waals surface area (Å²) in [5.74, 6) is 0. The Morgan fingerprint density at radius 3 is 1.65 bits per heavy atom. The molecule has 0 aromatic heterocycles. The first-order valence-electron chi connectivity index (χ1n) is 8.40. The second-order valence-corrected chi connectivity index (χ2v) is 17.6. The summed E-state index contributed by atoms with van der Waals surface area (Å²) in [5, 5.41) is 0. The molecule has 1 unspecified atom stereocenters. The molecule has 0 bridgehead atoms. The zero-order chi connectivity index (χ0) is 18.6. The number of hydrogen-bond acceptors (Lipinski definition) is 2. The van der Waals surface area contributed by atoms with Gasteiger partial charge in [-0.2, -0.15) is 0 Å². The molecular formula is C21H21Cl2NOSn. The molecule has 0 fully saturated rings. The molecule has 0 heterocycles. The van der Waals surface area contributed by atoms with Gasteiger partial charge in [0.15, 0.2) is 0 Å². The van der Waals surface area contributed by atoms with E-state index < -0.39 is 23.2 Å². The van der Waals surface area contributed by atoms with Crippen LogP contribution in [-0.2, 0) is 3.07 Å². The molecule has 26 heavy (non-hydrogen) atoms. The van der Waals surface area contributed by atoms with Gasteiger partial charge >= 0.3 is 169 Å². The quantitative estimate of drug-likeness (QED) is 0.371. The summed E-state index contributed by atoms with van der Waals surface area (Å²) in [5.41, 5.74) is 1.43. The van der Waals surface area contributed by atoms with E-state index in [1.165, 1.54) is 0 Å². The Labute approximate surface area is 168 Å². The molecule has 0 spiro atoms. The Bertz CT molecular complexity index is 786. The summed E-state index contributed by atoms with van der Waals surface area (Å²) in [6, 6.07) is 28.1. The van der Waals surface area contributed by atoms with E-state index in [0.717, 1.165) is 18.4 Å². The Morgan fingerprint density at radius 1 is 0.769 bits per heavy atom. The van der Waals surface area contributed by atoms with E-state index in [-0.39, 0.29) is 0 Å². The van der Waals surface area contributed by atoms with Gasteiger partial charge in [0.2, 0.25) is 0 Å². The maximum absolute atomic E-state index is 7.21.